The largest absolute Gasteiger partial charge is 0.335 e. The van der Waals surface area contributed by atoms with Crippen molar-refractivity contribution in [2.75, 3.05) is 6.54 Å². The Balaban J connectivity index is 2.27. The molecule has 0 spiro atoms. The maximum atomic E-state index is 11.2. The van der Waals surface area contributed by atoms with E-state index in [2.05, 4.69) is 10.3 Å². The molecule has 5 nitrogen and oxygen atoms in total. The highest BCUT2D eigenvalue weighted by Crippen LogP contribution is 2.21. The highest BCUT2D eigenvalue weighted by atomic mass is 16.2. The van der Waals surface area contributed by atoms with Crippen molar-refractivity contribution < 1.29 is 9.59 Å². The summed E-state index contributed by atoms with van der Waals surface area (Å²) in [5, 5.41) is 2.60. The van der Waals surface area contributed by atoms with Gasteiger partial charge in [-0.05, 0) is 17.7 Å². The Kier molecular flexibility index (Phi) is 2.14. The molecule has 2 heterocycles. The standard InChI is InChI=1S/C9H9N3O2/c13-6-12-8(5-11-9(12)14)7-1-3-10-4-2-7/h1-4,6,8H,5H2,(H,11,14). The van der Waals surface area contributed by atoms with E-state index in [1.54, 1.807) is 24.5 Å². The van der Waals surface area contributed by atoms with Gasteiger partial charge in [0.15, 0.2) is 0 Å². The zero-order valence-corrected chi connectivity index (χ0v) is 7.38. The molecule has 0 aliphatic carbocycles. The van der Waals surface area contributed by atoms with Gasteiger partial charge in [-0.25, -0.2) is 4.79 Å². The first kappa shape index (κ1) is 8.68. The van der Waals surface area contributed by atoms with Crippen molar-refractivity contribution in [2.45, 2.75) is 6.04 Å². The monoisotopic (exact) mass is 191 g/mol. The van der Waals surface area contributed by atoms with Gasteiger partial charge in [-0.15, -0.1) is 0 Å². The van der Waals surface area contributed by atoms with E-state index >= 15 is 0 Å². The van der Waals surface area contributed by atoms with Crippen molar-refractivity contribution in [2.24, 2.45) is 0 Å². The lowest BCUT2D eigenvalue weighted by Gasteiger charge is -2.15. The average molecular weight is 191 g/mol. The molecule has 3 amide bonds. The number of aromatic nitrogens is 1. The molecule has 1 aliphatic heterocycles. The second-order valence-electron chi connectivity index (χ2n) is 3.00. The number of amides is 3. The van der Waals surface area contributed by atoms with Gasteiger partial charge < -0.3 is 5.32 Å². The van der Waals surface area contributed by atoms with Gasteiger partial charge in [0, 0.05) is 18.9 Å². The van der Waals surface area contributed by atoms with E-state index in [0.29, 0.717) is 13.0 Å². The first-order valence-corrected chi connectivity index (χ1v) is 4.24. The van der Waals surface area contributed by atoms with Gasteiger partial charge in [0.1, 0.15) is 0 Å². The Morgan fingerprint density at radius 1 is 1.50 bits per heavy atom. The zero-order valence-electron chi connectivity index (χ0n) is 7.38. The minimum absolute atomic E-state index is 0.206. The number of nitrogens with zero attached hydrogens (tertiary/aromatic N) is 2. The molecule has 0 aromatic carbocycles. The van der Waals surface area contributed by atoms with E-state index in [0.717, 1.165) is 10.5 Å². The summed E-state index contributed by atoms with van der Waals surface area (Å²) in [6.45, 7) is 0.460. The van der Waals surface area contributed by atoms with Gasteiger partial charge in [0.05, 0.1) is 6.04 Å². The molecule has 2 rings (SSSR count). The van der Waals surface area contributed by atoms with Crippen LogP contribution in [-0.4, -0.2) is 28.9 Å². The summed E-state index contributed by atoms with van der Waals surface area (Å²) >= 11 is 0. The molecule has 1 aromatic heterocycles. The molecule has 14 heavy (non-hydrogen) atoms. The van der Waals surface area contributed by atoms with Crippen LogP contribution in [0.4, 0.5) is 4.79 Å². The van der Waals surface area contributed by atoms with Gasteiger partial charge in [-0.2, -0.15) is 0 Å². The number of rotatable bonds is 2. The van der Waals surface area contributed by atoms with Crippen LogP contribution in [0.5, 0.6) is 0 Å². The third-order valence-electron chi connectivity index (χ3n) is 2.22. The van der Waals surface area contributed by atoms with E-state index in [9.17, 15) is 9.59 Å². The molecule has 0 saturated carbocycles. The van der Waals surface area contributed by atoms with Crippen molar-refractivity contribution in [3.63, 3.8) is 0 Å². The Morgan fingerprint density at radius 3 is 2.86 bits per heavy atom. The van der Waals surface area contributed by atoms with Gasteiger partial charge in [-0.1, -0.05) is 0 Å². The summed E-state index contributed by atoms with van der Waals surface area (Å²) in [4.78, 5) is 26.8. The first-order chi connectivity index (χ1) is 6.83. The number of imide groups is 1. The number of carbonyl (C=O) groups excluding carboxylic acids is 2. The number of carbonyl (C=O) groups is 2. The van der Waals surface area contributed by atoms with Crippen LogP contribution in [0.25, 0.3) is 0 Å². The Labute approximate surface area is 80.7 Å². The van der Waals surface area contributed by atoms with Crippen LogP contribution in [0.2, 0.25) is 0 Å². The molecular weight excluding hydrogens is 182 g/mol. The summed E-state index contributed by atoms with van der Waals surface area (Å²) in [5.41, 5.74) is 0.908. The van der Waals surface area contributed by atoms with Gasteiger partial charge >= 0.3 is 6.03 Å². The Hall–Kier alpha value is -1.91. The normalized spacial score (nSPS) is 20.7. The molecule has 1 unspecified atom stereocenters. The number of pyridine rings is 1. The molecule has 0 radical (unpaired) electrons. The predicted molar refractivity (Wildman–Crippen MR) is 48.3 cm³/mol. The van der Waals surface area contributed by atoms with Crippen LogP contribution >= 0.6 is 0 Å². The molecule has 1 fully saturated rings. The summed E-state index contributed by atoms with van der Waals surface area (Å²) < 4.78 is 0. The number of hydrogen-bond acceptors (Lipinski definition) is 3. The van der Waals surface area contributed by atoms with E-state index < -0.39 is 0 Å². The molecule has 1 atom stereocenters. The van der Waals surface area contributed by atoms with Crippen LogP contribution in [0.3, 0.4) is 0 Å². The van der Waals surface area contributed by atoms with E-state index in [4.69, 9.17) is 0 Å². The quantitative estimate of drug-likeness (QED) is 0.684. The van der Waals surface area contributed by atoms with E-state index in [1.807, 2.05) is 0 Å². The highest BCUT2D eigenvalue weighted by molar-refractivity contribution is 5.87. The maximum Gasteiger partial charge on any atom is 0.324 e. The SMILES string of the molecule is O=CN1C(=O)NCC1c1ccncc1. The molecule has 1 N–H and O–H groups in total. The third kappa shape index (κ3) is 1.32. The first-order valence-electron chi connectivity index (χ1n) is 4.24. The van der Waals surface area contributed by atoms with Crippen LogP contribution in [0, 0.1) is 0 Å². The summed E-state index contributed by atoms with van der Waals surface area (Å²) in [6.07, 6.45) is 3.83. The van der Waals surface area contributed by atoms with Gasteiger partial charge in [0.25, 0.3) is 0 Å². The number of nitrogens with one attached hydrogen (secondary N) is 1. The summed E-state index contributed by atoms with van der Waals surface area (Å²) in [6, 6.07) is 3.04. The van der Waals surface area contributed by atoms with Crippen molar-refractivity contribution in [1.82, 2.24) is 15.2 Å². The molecule has 1 aromatic rings. The molecule has 72 valence electrons. The van der Waals surface area contributed by atoms with Gasteiger partial charge in [-0.3, -0.25) is 14.7 Å². The average Bonchev–Trinajstić information content (AvgIpc) is 2.61. The van der Waals surface area contributed by atoms with Crippen molar-refractivity contribution in [3.8, 4) is 0 Å². The molecule has 5 heteroatoms. The van der Waals surface area contributed by atoms with Crippen molar-refractivity contribution in [3.05, 3.63) is 30.1 Å². The zero-order chi connectivity index (χ0) is 9.97. The fraction of sp³-hybridized carbons (Fsp3) is 0.222. The minimum atomic E-state index is -0.346. The number of hydrogen-bond donors (Lipinski definition) is 1. The highest BCUT2D eigenvalue weighted by Gasteiger charge is 2.31. The van der Waals surface area contributed by atoms with E-state index in [-0.39, 0.29) is 12.1 Å². The van der Waals surface area contributed by atoms with Gasteiger partial charge in [0.2, 0.25) is 6.41 Å². The number of urea groups is 1. The second-order valence-corrected chi connectivity index (χ2v) is 3.00. The molecule has 1 aliphatic rings. The van der Waals surface area contributed by atoms with Crippen molar-refractivity contribution in [1.29, 1.82) is 0 Å². The van der Waals surface area contributed by atoms with Crippen LogP contribution in [0.15, 0.2) is 24.5 Å². The third-order valence-corrected chi connectivity index (χ3v) is 2.22. The molecule has 0 bridgehead atoms. The second kappa shape index (κ2) is 3.45. The summed E-state index contributed by atoms with van der Waals surface area (Å²) in [5.74, 6) is 0. The topological polar surface area (TPSA) is 62.3 Å². The Morgan fingerprint density at radius 2 is 2.21 bits per heavy atom. The van der Waals surface area contributed by atoms with E-state index in [1.165, 1.54) is 0 Å². The Bertz CT molecular complexity index is 352. The maximum absolute atomic E-state index is 11.2. The fourth-order valence-electron chi connectivity index (χ4n) is 1.50. The van der Waals surface area contributed by atoms with Crippen LogP contribution in [0.1, 0.15) is 11.6 Å². The fourth-order valence-corrected chi connectivity index (χ4v) is 1.50. The lowest BCUT2D eigenvalue weighted by Crippen LogP contribution is -2.28. The van der Waals surface area contributed by atoms with Crippen molar-refractivity contribution >= 4 is 12.4 Å². The predicted octanol–water partition coefficient (Wildman–Crippen LogP) is 0.304. The molecular formula is C9H9N3O2. The lowest BCUT2D eigenvalue weighted by molar-refractivity contribution is -0.116. The lowest BCUT2D eigenvalue weighted by atomic mass is 10.1. The van der Waals surface area contributed by atoms with Crippen LogP contribution < -0.4 is 5.32 Å². The minimum Gasteiger partial charge on any atom is -0.335 e. The van der Waals surface area contributed by atoms with Crippen LogP contribution in [-0.2, 0) is 4.79 Å². The smallest absolute Gasteiger partial charge is 0.324 e. The molecule has 1 saturated heterocycles. The summed E-state index contributed by atoms with van der Waals surface area (Å²) in [7, 11) is 0.